The molecule has 70 valence electrons. The van der Waals surface area contributed by atoms with E-state index in [2.05, 4.69) is 5.16 Å². The van der Waals surface area contributed by atoms with Gasteiger partial charge in [0.1, 0.15) is 11.5 Å². The van der Waals surface area contributed by atoms with Gasteiger partial charge in [-0.2, -0.15) is 0 Å². The minimum absolute atomic E-state index is 0.0313. The molecule has 4 heteroatoms. The zero-order valence-corrected chi connectivity index (χ0v) is 7.27. The fraction of sp³-hybridized carbons (Fsp3) is 0.222. The van der Waals surface area contributed by atoms with Crippen molar-refractivity contribution in [2.24, 2.45) is 5.16 Å². The molecule has 0 bridgehead atoms. The summed E-state index contributed by atoms with van der Waals surface area (Å²) in [7, 11) is 0. The van der Waals surface area contributed by atoms with Gasteiger partial charge in [0.25, 0.3) is 0 Å². The first-order chi connectivity index (χ1) is 6.27. The van der Waals surface area contributed by atoms with Crippen LogP contribution in [0.4, 0.5) is 0 Å². The quantitative estimate of drug-likeness (QED) is 0.423. The molecule has 1 aromatic carbocycles. The van der Waals surface area contributed by atoms with E-state index in [1.807, 2.05) is 6.92 Å². The number of phenols is 1. The average molecular weight is 181 g/mol. The third-order valence-corrected chi connectivity index (χ3v) is 1.51. The van der Waals surface area contributed by atoms with Crippen molar-refractivity contribution >= 4 is 6.21 Å². The molecule has 0 aliphatic rings. The summed E-state index contributed by atoms with van der Waals surface area (Å²) in [5.74, 6) is 0.624. The van der Waals surface area contributed by atoms with Gasteiger partial charge in [-0.15, -0.1) is 0 Å². The summed E-state index contributed by atoms with van der Waals surface area (Å²) in [4.78, 5) is 0. The largest absolute Gasteiger partial charge is 0.507 e. The second-order valence-electron chi connectivity index (χ2n) is 2.40. The van der Waals surface area contributed by atoms with Gasteiger partial charge in [-0.25, -0.2) is 0 Å². The molecule has 0 unspecified atom stereocenters. The normalized spacial score (nSPS) is 10.5. The Morgan fingerprint density at radius 2 is 2.31 bits per heavy atom. The van der Waals surface area contributed by atoms with E-state index in [1.165, 1.54) is 6.07 Å². The third-order valence-electron chi connectivity index (χ3n) is 1.51. The molecule has 0 saturated carbocycles. The lowest BCUT2D eigenvalue weighted by Crippen LogP contribution is -1.91. The van der Waals surface area contributed by atoms with Crippen LogP contribution in [-0.4, -0.2) is 23.1 Å². The van der Waals surface area contributed by atoms with Crippen LogP contribution in [0.5, 0.6) is 11.5 Å². The van der Waals surface area contributed by atoms with Crippen molar-refractivity contribution in [1.29, 1.82) is 0 Å². The van der Waals surface area contributed by atoms with Gasteiger partial charge in [0.2, 0.25) is 0 Å². The molecule has 0 radical (unpaired) electrons. The van der Waals surface area contributed by atoms with E-state index < -0.39 is 0 Å². The molecule has 0 atom stereocenters. The highest BCUT2D eigenvalue weighted by Crippen LogP contribution is 2.22. The summed E-state index contributed by atoms with van der Waals surface area (Å²) >= 11 is 0. The molecule has 1 aromatic rings. The Balaban J connectivity index is 2.91. The molecule has 13 heavy (non-hydrogen) atoms. The van der Waals surface area contributed by atoms with Gasteiger partial charge in [-0.1, -0.05) is 5.16 Å². The third kappa shape index (κ3) is 2.37. The van der Waals surface area contributed by atoms with Crippen molar-refractivity contribution in [2.75, 3.05) is 6.61 Å². The smallest absolute Gasteiger partial charge is 0.128 e. The van der Waals surface area contributed by atoms with E-state index in [4.69, 9.17) is 9.94 Å². The van der Waals surface area contributed by atoms with Crippen LogP contribution in [0.15, 0.2) is 23.4 Å². The fourth-order valence-corrected chi connectivity index (χ4v) is 0.951. The maximum absolute atomic E-state index is 9.37. The van der Waals surface area contributed by atoms with Gasteiger partial charge in [0.15, 0.2) is 0 Å². The number of rotatable bonds is 3. The summed E-state index contributed by atoms with van der Waals surface area (Å²) < 4.78 is 5.15. The van der Waals surface area contributed by atoms with Gasteiger partial charge >= 0.3 is 0 Å². The van der Waals surface area contributed by atoms with Crippen molar-refractivity contribution < 1.29 is 15.1 Å². The van der Waals surface area contributed by atoms with Crippen LogP contribution in [0.25, 0.3) is 0 Å². The first-order valence-corrected chi connectivity index (χ1v) is 3.91. The van der Waals surface area contributed by atoms with Gasteiger partial charge in [-0.3, -0.25) is 0 Å². The lowest BCUT2D eigenvalue weighted by atomic mass is 10.2. The molecule has 0 saturated heterocycles. The van der Waals surface area contributed by atoms with Crippen LogP contribution in [0, 0.1) is 0 Å². The summed E-state index contributed by atoms with van der Waals surface area (Å²) in [5, 5.41) is 20.4. The Bertz CT molecular complexity index is 310. The standard InChI is InChI=1S/C9H11NO3/c1-2-13-8-4-3-7(6-10-12)9(11)5-8/h3-6,11-12H,2H2,1H3/b10-6+. The second-order valence-corrected chi connectivity index (χ2v) is 2.40. The molecule has 0 spiro atoms. The van der Waals surface area contributed by atoms with E-state index in [1.54, 1.807) is 12.1 Å². The summed E-state index contributed by atoms with van der Waals surface area (Å²) in [6, 6.07) is 4.78. The van der Waals surface area contributed by atoms with Crippen LogP contribution in [0.2, 0.25) is 0 Å². The molecular formula is C9H11NO3. The van der Waals surface area contributed by atoms with Crippen molar-refractivity contribution in [3.8, 4) is 11.5 Å². The zero-order chi connectivity index (χ0) is 9.68. The molecule has 0 aromatic heterocycles. The first-order valence-electron chi connectivity index (χ1n) is 3.91. The maximum Gasteiger partial charge on any atom is 0.128 e. The van der Waals surface area contributed by atoms with Crippen molar-refractivity contribution in [2.45, 2.75) is 6.92 Å². The molecule has 0 amide bonds. The van der Waals surface area contributed by atoms with Gasteiger partial charge in [0.05, 0.1) is 12.8 Å². The lowest BCUT2D eigenvalue weighted by molar-refractivity contribution is 0.321. The van der Waals surface area contributed by atoms with E-state index in [9.17, 15) is 5.11 Å². The summed E-state index contributed by atoms with van der Waals surface area (Å²) in [6.45, 7) is 2.41. The van der Waals surface area contributed by atoms with E-state index in [0.717, 1.165) is 6.21 Å². The van der Waals surface area contributed by atoms with Crippen LogP contribution in [-0.2, 0) is 0 Å². The van der Waals surface area contributed by atoms with Crippen LogP contribution in [0.1, 0.15) is 12.5 Å². The fourth-order valence-electron chi connectivity index (χ4n) is 0.951. The average Bonchev–Trinajstić information content (AvgIpc) is 2.10. The molecule has 1 rings (SSSR count). The van der Waals surface area contributed by atoms with Crippen molar-refractivity contribution in [1.82, 2.24) is 0 Å². The molecular weight excluding hydrogens is 170 g/mol. The molecule has 0 fully saturated rings. The van der Waals surface area contributed by atoms with E-state index in [0.29, 0.717) is 17.9 Å². The minimum atomic E-state index is 0.0313. The molecule has 4 nitrogen and oxygen atoms in total. The second kappa shape index (κ2) is 4.35. The van der Waals surface area contributed by atoms with Crippen LogP contribution >= 0.6 is 0 Å². The van der Waals surface area contributed by atoms with Gasteiger partial charge < -0.3 is 15.1 Å². The Kier molecular flexibility index (Phi) is 3.14. The topological polar surface area (TPSA) is 62.0 Å². The van der Waals surface area contributed by atoms with E-state index in [-0.39, 0.29) is 5.75 Å². The lowest BCUT2D eigenvalue weighted by Gasteiger charge is -2.04. The summed E-state index contributed by atoms with van der Waals surface area (Å²) in [6.07, 6.45) is 1.16. The highest BCUT2D eigenvalue weighted by Gasteiger charge is 2.00. The SMILES string of the molecule is CCOc1ccc(/C=N/O)c(O)c1. The Morgan fingerprint density at radius 3 is 2.85 bits per heavy atom. The molecule has 0 aliphatic heterocycles. The number of hydrogen-bond acceptors (Lipinski definition) is 4. The molecule has 0 heterocycles. The van der Waals surface area contributed by atoms with Crippen molar-refractivity contribution in [3.05, 3.63) is 23.8 Å². The first kappa shape index (κ1) is 9.38. The Labute approximate surface area is 76.1 Å². The number of phenolic OH excluding ortho intramolecular Hbond substituents is 1. The Hall–Kier alpha value is -1.71. The number of oxime groups is 1. The number of hydrogen-bond donors (Lipinski definition) is 2. The molecule has 2 N–H and O–H groups in total. The number of nitrogens with zero attached hydrogens (tertiary/aromatic N) is 1. The highest BCUT2D eigenvalue weighted by atomic mass is 16.5. The van der Waals surface area contributed by atoms with Crippen molar-refractivity contribution in [3.63, 3.8) is 0 Å². The Morgan fingerprint density at radius 1 is 1.54 bits per heavy atom. The number of aromatic hydroxyl groups is 1. The predicted molar refractivity (Wildman–Crippen MR) is 48.7 cm³/mol. The monoisotopic (exact) mass is 181 g/mol. The van der Waals surface area contributed by atoms with Gasteiger partial charge in [0, 0.05) is 11.6 Å². The minimum Gasteiger partial charge on any atom is -0.507 e. The highest BCUT2D eigenvalue weighted by molar-refractivity contribution is 5.83. The number of benzene rings is 1. The predicted octanol–water partition coefficient (Wildman–Crippen LogP) is 1.60. The number of ether oxygens (including phenoxy) is 1. The van der Waals surface area contributed by atoms with Crippen LogP contribution < -0.4 is 4.74 Å². The van der Waals surface area contributed by atoms with Gasteiger partial charge in [-0.05, 0) is 19.1 Å². The molecule has 0 aliphatic carbocycles. The maximum atomic E-state index is 9.37. The zero-order valence-electron chi connectivity index (χ0n) is 7.27. The van der Waals surface area contributed by atoms with Crippen LogP contribution in [0.3, 0.4) is 0 Å². The summed E-state index contributed by atoms with van der Waals surface area (Å²) in [5.41, 5.74) is 0.450. The van der Waals surface area contributed by atoms with E-state index >= 15 is 0 Å².